The molecule has 156 valence electrons. The van der Waals surface area contributed by atoms with Crippen LogP contribution in [0, 0.1) is 17.5 Å². The van der Waals surface area contributed by atoms with E-state index in [1.807, 2.05) is 24.3 Å². The van der Waals surface area contributed by atoms with Crippen LogP contribution in [0.2, 0.25) is 0 Å². The van der Waals surface area contributed by atoms with Crippen LogP contribution in [0.5, 0.6) is 5.75 Å². The summed E-state index contributed by atoms with van der Waals surface area (Å²) in [5.74, 6) is -3.71. The van der Waals surface area contributed by atoms with Gasteiger partial charge in [-0.1, -0.05) is 49.7 Å². The highest BCUT2D eigenvalue weighted by Crippen LogP contribution is 2.27. The highest BCUT2D eigenvalue weighted by atomic mass is 19.3. The number of halogens is 5. The van der Waals surface area contributed by atoms with Crippen molar-refractivity contribution >= 4 is 6.08 Å². The molecule has 0 bridgehead atoms. The third kappa shape index (κ3) is 5.47. The molecular weight excluding hydrogens is 399 g/mol. The summed E-state index contributed by atoms with van der Waals surface area (Å²) in [5.41, 5.74) is 2.56. The molecule has 3 aromatic rings. The maximum atomic E-state index is 14.4. The zero-order chi connectivity index (χ0) is 21.7. The number of aryl methyl sites for hydroxylation is 1. The van der Waals surface area contributed by atoms with E-state index < -0.39 is 29.3 Å². The largest absolute Gasteiger partial charge is 0.429 e. The molecule has 0 radical (unpaired) electrons. The molecule has 0 aliphatic rings. The first-order chi connectivity index (χ1) is 14.3. The van der Waals surface area contributed by atoms with E-state index in [2.05, 4.69) is 11.7 Å². The van der Waals surface area contributed by atoms with Crippen LogP contribution >= 0.6 is 0 Å². The highest BCUT2D eigenvalue weighted by molar-refractivity contribution is 5.66. The standard InChI is InChI=1S/C24H19F5O/c1-2-3-16-4-6-17(7-5-16)19-9-8-18(22(26)14-19)12-13-24(28,29)30-20-10-11-21(25)23(27)15-20/h4-15H,2-3H2,1H3/b13-12+. The van der Waals surface area contributed by atoms with Gasteiger partial charge in [0, 0.05) is 17.7 Å². The van der Waals surface area contributed by atoms with Crippen LogP contribution in [0.3, 0.4) is 0 Å². The van der Waals surface area contributed by atoms with E-state index >= 15 is 0 Å². The van der Waals surface area contributed by atoms with Crippen LogP contribution in [0.1, 0.15) is 24.5 Å². The van der Waals surface area contributed by atoms with E-state index in [9.17, 15) is 22.0 Å². The summed E-state index contributed by atoms with van der Waals surface area (Å²) in [6.45, 7) is 2.09. The Morgan fingerprint density at radius 3 is 2.13 bits per heavy atom. The number of ether oxygens (including phenoxy) is 1. The van der Waals surface area contributed by atoms with Gasteiger partial charge in [0.1, 0.15) is 11.6 Å². The first kappa shape index (κ1) is 21.6. The molecule has 0 unspecified atom stereocenters. The van der Waals surface area contributed by atoms with Gasteiger partial charge < -0.3 is 4.74 Å². The second-order valence-corrected chi connectivity index (χ2v) is 6.76. The average Bonchev–Trinajstić information content (AvgIpc) is 2.70. The number of alkyl halides is 2. The molecule has 0 aliphatic heterocycles. The Balaban J connectivity index is 1.74. The Bertz CT molecular complexity index is 1040. The fourth-order valence-electron chi connectivity index (χ4n) is 2.91. The van der Waals surface area contributed by atoms with Crippen LogP contribution in [0.25, 0.3) is 17.2 Å². The van der Waals surface area contributed by atoms with Gasteiger partial charge in [-0.15, -0.1) is 0 Å². The van der Waals surface area contributed by atoms with Gasteiger partial charge in [-0.05, 0) is 47.4 Å². The van der Waals surface area contributed by atoms with E-state index in [4.69, 9.17) is 0 Å². The van der Waals surface area contributed by atoms with Crippen molar-refractivity contribution in [2.24, 2.45) is 0 Å². The molecule has 6 heteroatoms. The molecule has 0 aromatic heterocycles. The number of benzene rings is 3. The van der Waals surface area contributed by atoms with Gasteiger partial charge in [-0.25, -0.2) is 13.2 Å². The minimum absolute atomic E-state index is 0.0603. The Hall–Kier alpha value is -3.15. The van der Waals surface area contributed by atoms with Crippen LogP contribution in [-0.2, 0) is 6.42 Å². The Kier molecular flexibility index (Phi) is 6.55. The summed E-state index contributed by atoms with van der Waals surface area (Å²) < 4.78 is 72.7. The van der Waals surface area contributed by atoms with Crippen molar-refractivity contribution in [1.82, 2.24) is 0 Å². The lowest BCUT2D eigenvalue weighted by Gasteiger charge is -2.14. The van der Waals surface area contributed by atoms with Gasteiger partial charge >= 0.3 is 6.11 Å². The van der Waals surface area contributed by atoms with Crippen LogP contribution in [0.4, 0.5) is 22.0 Å². The first-order valence-corrected chi connectivity index (χ1v) is 9.37. The summed E-state index contributed by atoms with van der Waals surface area (Å²) in [6.07, 6.45) is -0.627. The summed E-state index contributed by atoms with van der Waals surface area (Å²) in [6, 6.07) is 14.1. The van der Waals surface area contributed by atoms with E-state index in [1.165, 1.54) is 17.7 Å². The molecule has 0 heterocycles. The molecule has 3 aromatic carbocycles. The fourth-order valence-corrected chi connectivity index (χ4v) is 2.91. The van der Waals surface area contributed by atoms with Crippen molar-refractivity contribution in [3.8, 4) is 16.9 Å². The van der Waals surface area contributed by atoms with Crippen molar-refractivity contribution in [2.45, 2.75) is 25.9 Å². The van der Waals surface area contributed by atoms with Gasteiger partial charge in [0.15, 0.2) is 11.6 Å². The number of rotatable bonds is 7. The fraction of sp³-hybridized carbons (Fsp3) is 0.167. The normalized spacial score (nSPS) is 11.8. The smallest absolute Gasteiger partial charge is 0.419 e. The molecule has 1 nitrogen and oxygen atoms in total. The van der Waals surface area contributed by atoms with Gasteiger partial charge in [0.05, 0.1) is 0 Å². The molecule has 0 N–H and O–H groups in total. The minimum Gasteiger partial charge on any atom is -0.429 e. The maximum absolute atomic E-state index is 14.4. The quantitative estimate of drug-likeness (QED) is 0.363. The zero-order valence-corrected chi connectivity index (χ0v) is 16.1. The molecule has 3 rings (SSSR count). The summed E-state index contributed by atoms with van der Waals surface area (Å²) >= 11 is 0. The third-order valence-electron chi connectivity index (χ3n) is 4.43. The zero-order valence-electron chi connectivity index (χ0n) is 16.1. The van der Waals surface area contributed by atoms with Crippen LogP contribution < -0.4 is 4.74 Å². The van der Waals surface area contributed by atoms with E-state index in [1.54, 1.807) is 6.07 Å². The highest BCUT2D eigenvalue weighted by Gasteiger charge is 2.28. The summed E-state index contributed by atoms with van der Waals surface area (Å²) in [5, 5.41) is 0. The summed E-state index contributed by atoms with van der Waals surface area (Å²) in [7, 11) is 0. The van der Waals surface area contributed by atoms with Gasteiger partial charge in [-0.3, -0.25) is 0 Å². The second kappa shape index (κ2) is 9.11. The third-order valence-corrected chi connectivity index (χ3v) is 4.43. The molecule has 0 atom stereocenters. The molecule has 0 amide bonds. The molecule has 0 spiro atoms. The van der Waals surface area contributed by atoms with E-state index in [-0.39, 0.29) is 5.56 Å². The van der Waals surface area contributed by atoms with Crippen molar-refractivity contribution < 1.29 is 26.7 Å². The predicted octanol–water partition coefficient (Wildman–Crippen LogP) is 7.41. The Morgan fingerprint density at radius 2 is 1.50 bits per heavy atom. The molecule has 0 fully saturated rings. The van der Waals surface area contributed by atoms with Gasteiger partial charge in [-0.2, -0.15) is 8.78 Å². The number of hydrogen-bond donors (Lipinski definition) is 0. The summed E-state index contributed by atoms with van der Waals surface area (Å²) in [4.78, 5) is 0. The number of hydrogen-bond acceptors (Lipinski definition) is 1. The van der Waals surface area contributed by atoms with Crippen molar-refractivity contribution in [3.63, 3.8) is 0 Å². The lowest BCUT2D eigenvalue weighted by atomic mass is 10.0. The van der Waals surface area contributed by atoms with Crippen molar-refractivity contribution in [2.75, 3.05) is 0 Å². The first-order valence-electron chi connectivity index (χ1n) is 9.37. The molecule has 30 heavy (non-hydrogen) atoms. The Morgan fingerprint density at radius 1 is 0.800 bits per heavy atom. The molecular formula is C24H19F5O. The predicted molar refractivity (Wildman–Crippen MR) is 107 cm³/mol. The SMILES string of the molecule is CCCc1ccc(-c2ccc(/C=C/C(F)(F)Oc3ccc(F)c(F)c3)c(F)c2)cc1. The van der Waals surface area contributed by atoms with Crippen LogP contribution in [-0.4, -0.2) is 6.11 Å². The minimum atomic E-state index is -3.84. The molecule has 0 aliphatic carbocycles. The maximum Gasteiger partial charge on any atom is 0.419 e. The van der Waals surface area contributed by atoms with Crippen LogP contribution in [0.15, 0.2) is 66.7 Å². The lowest BCUT2D eigenvalue weighted by molar-refractivity contribution is -0.131. The van der Waals surface area contributed by atoms with Gasteiger partial charge in [0.25, 0.3) is 0 Å². The monoisotopic (exact) mass is 418 g/mol. The second-order valence-electron chi connectivity index (χ2n) is 6.76. The average molecular weight is 418 g/mol. The molecule has 0 saturated carbocycles. The van der Waals surface area contributed by atoms with Gasteiger partial charge in [0.2, 0.25) is 0 Å². The van der Waals surface area contributed by atoms with Crippen molar-refractivity contribution in [1.29, 1.82) is 0 Å². The molecule has 0 saturated heterocycles. The topological polar surface area (TPSA) is 9.23 Å². The lowest BCUT2D eigenvalue weighted by Crippen LogP contribution is -2.21. The van der Waals surface area contributed by atoms with E-state index in [0.717, 1.165) is 30.5 Å². The van der Waals surface area contributed by atoms with Crippen molar-refractivity contribution in [3.05, 3.63) is 95.3 Å². The van der Waals surface area contributed by atoms with E-state index in [0.29, 0.717) is 23.8 Å². The Labute approximate surface area is 171 Å².